The second-order valence-electron chi connectivity index (χ2n) is 9.61. The van der Waals surface area contributed by atoms with Crippen molar-refractivity contribution in [2.24, 2.45) is 11.8 Å². The van der Waals surface area contributed by atoms with Gasteiger partial charge < -0.3 is 0 Å². The minimum atomic E-state index is -2.15. The first kappa shape index (κ1) is 29.0. The molecule has 0 unspecified atom stereocenters. The first-order valence-corrected chi connectivity index (χ1v) is 14.2. The fraction of sp³-hybridized carbons (Fsp3) is 0.308. The molecule has 39 heavy (non-hydrogen) atoms. The van der Waals surface area contributed by atoms with Crippen molar-refractivity contribution in [3.05, 3.63) is 80.3 Å². The number of hydrogen-bond acceptors (Lipinski definition) is 4. The Labute approximate surface area is 258 Å². The van der Waals surface area contributed by atoms with Gasteiger partial charge in [-0.2, -0.15) is 5.01 Å². The van der Waals surface area contributed by atoms with Gasteiger partial charge in [-0.1, -0.05) is 100.0 Å². The lowest BCUT2D eigenvalue weighted by atomic mass is 9.84. The maximum absolute atomic E-state index is 14.0. The van der Waals surface area contributed by atoms with Gasteiger partial charge in [0.2, 0.25) is 0 Å². The molecule has 0 N–H and O–H groups in total. The first-order valence-electron chi connectivity index (χ1n) is 11.5. The normalized spacial score (nSPS) is 29.6. The molecule has 0 spiro atoms. The molecule has 1 saturated carbocycles. The monoisotopic (exact) mass is 666 g/mol. The molecule has 2 aromatic rings. The maximum atomic E-state index is 14.0. The number of benzene rings is 2. The predicted molar refractivity (Wildman–Crippen MR) is 152 cm³/mol. The van der Waals surface area contributed by atoms with Crippen molar-refractivity contribution < 1.29 is 19.2 Å². The summed E-state index contributed by atoms with van der Waals surface area (Å²) >= 11 is 45.8. The van der Waals surface area contributed by atoms with Crippen LogP contribution in [0.25, 0.3) is 0 Å². The number of imide groups is 1. The number of hydrogen-bond donors (Lipinski definition) is 0. The van der Waals surface area contributed by atoms with Crippen molar-refractivity contribution >= 4 is 105 Å². The number of rotatable bonds is 5. The van der Waals surface area contributed by atoms with Gasteiger partial charge in [0.15, 0.2) is 10.1 Å². The van der Waals surface area contributed by atoms with Crippen molar-refractivity contribution in [2.75, 3.05) is 0 Å². The third-order valence-electron chi connectivity index (χ3n) is 7.50. The molecule has 204 valence electrons. The summed E-state index contributed by atoms with van der Waals surface area (Å²) in [5.41, 5.74) is 1.10. The Balaban J connectivity index is 1.65. The van der Waals surface area contributed by atoms with E-state index in [9.17, 15) is 19.2 Å². The minimum absolute atomic E-state index is 0.0396. The van der Waals surface area contributed by atoms with Gasteiger partial charge in [0.05, 0.1) is 32.5 Å². The number of ketones is 1. The maximum Gasteiger partial charge on any atom is 0.275 e. The van der Waals surface area contributed by atoms with E-state index >= 15 is 0 Å². The Kier molecular flexibility index (Phi) is 7.08. The Hall–Kier alpha value is -1.51. The van der Waals surface area contributed by atoms with Crippen LogP contribution in [0.4, 0.5) is 0 Å². The Morgan fingerprint density at radius 1 is 0.846 bits per heavy atom. The lowest BCUT2D eigenvalue weighted by Crippen LogP contribution is -2.59. The molecule has 13 heteroatoms. The van der Waals surface area contributed by atoms with E-state index in [2.05, 4.69) is 0 Å². The molecule has 2 fully saturated rings. The number of nitrogens with zero attached hydrogens (tertiary/aromatic N) is 2. The lowest BCUT2D eigenvalue weighted by molar-refractivity contribution is -0.157. The van der Waals surface area contributed by atoms with E-state index in [-0.39, 0.29) is 26.2 Å². The molecule has 3 amide bonds. The van der Waals surface area contributed by atoms with Gasteiger partial charge in [0, 0.05) is 5.56 Å². The van der Waals surface area contributed by atoms with Gasteiger partial charge in [-0.05, 0) is 26.0 Å². The van der Waals surface area contributed by atoms with Crippen LogP contribution in [0.1, 0.15) is 33.2 Å². The van der Waals surface area contributed by atoms with Crippen molar-refractivity contribution in [1.29, 1.82) is 0 Å². The number of Topliss-reactive ketones (excluding diaryl/α,β-unsaturated/α-hetero) is 1. The van der Waals surface area contributed by atoms with Crippen LogP contribution in [0.5, 0.6) is 0 Å². The highest BCUT2D eigenvalue weighted by Gasteiger charge is 2.88. The van der Waals surface area contributed by atoms with Gasteiger partial charge in [-0.25, -0.2) is 5.01 Å². The van der Waals surface area contributed by atoms with Gasteiger partial charge >= 0.3 is 0 Å². The van der Waals surface area contributed by atoms with E-state index in [0.717, 1.165) is 10.6 Å². The summed E-state index contributed by atoms with van der Waals surface area (Å²) in [5, 5.41) is 0.816. The van der Waals surface area contributed by atoms with Crippen molar-refractivity contribution in [2.45, 2.75) is 34.0 Å². The number of alkyl halides is 4. The second kappa shape index (κ2) is 9.52. The van der Waals surface area contributed by atoms with Crippen LogP contribution in [-0.2, 0) is 9.59 Å². The van der Waals surface area contributed by atoms with E-state index < -0.39 is 55.5 Å². The molecule has 2 aliphatic carbocycles. The molecular formula is C26H17Cl7N2O4. The molecule has 1 heterocycles. The SMILES string of the molecule is Cc1ccc(C(=O)[C@H](C)N(C(=O)c2ccccc2Cl)N2C(=O)[C@@H]3[C@@H](C2=O)[C@@]2(Cl)C(Cl)=C(Cl)[C@@]3(Cl)C2(Cl)Cl)cc1. The van der Waals surface area contributed by atoms with E-state index in [1.165, 1.54) is 19.1 Å². The van der Waals surface area contributed by atoms with Crippen LogP contribution in [0, 0.1) is 18.8 Å². The van der Waals surface area contributed by atoms with Crippen molar-refractivity contribution in [3.63, 3.8) is 0 Å². The van der Waals surface area contributed by atoms with Gasteiger partial charge in [0.1, 0.15) is 15.8 Å². The zero-order chi connectivity index (χ0) is 28.8. The average Bonchev–Trinajstić information content (AvgIpc) is 3.28. The number of allylic oxidation sites excluding steroid dienone is 2. The molecule has 1 saturated heterocycles. The number of carbonyl (C=O) groups is 4. The number of aryl methyl sites for hydroxylation is 1. The summed E-state index contributed by atoms with van der Waals surface area (Å²) in [7, 11) is 0. The number of hydrazine groups is 1. The molecule has 1 aliphatic heterocycles. The van der Waals surface area contributed by atoms with E-state index in [4.69, 9.17) is 81.2 Å². The van der Waals surface area contributed by atoms with Crippen molar-refractivity contribution in [1.82, 2.24) is 10.0 Å². The predicted octanol–water partition coefficient (Wildman–Crippen LogP) is 6.72. The van der Waals surface area contributed by atoms with Crippen LogP contribution >= 0.6 is 81.2 Å². The Morgan fingerprint density at radius 2 is 1.33 bits per heavy atom. The number of carbonyl (C=O) groups excluding carboxylic acids is 4. The van der Waals surface area contributed by atoms with Crippen LogP contribution in [-0.4, -0.2) is 53.6 Å². The zero-order valence-electron chi connectivity index (χ0n) is 20.0. The smallest absolute Gasteiger partial charge is 0.275 e. The van der Waals surface area contributed by atoms with E-state index in [0.29, 0.717) is 5.01 Å². The van der Waals surface area contributed by atoms with Gasteiger partial charge in [0.25, 0.3) is 17.7 Å². The summed E-state index contributed by atoms with van der Waals surface area (Å²) in [6.45, 7) is 3.24. The standard InChI is InChI=1S/C26H17Cl7N2O4/c1-11-7-9-13(10-8-11)18(36)12(2)34(21(37)14-5-3-4-6-15(14)27)35-22(38)16-17(23(35)39)25(31)20(29)19(28)24(16,30)26(25,32)33/h3-10,12,16-17H,1-2H3/t12-,16-,17-,24+,25+/m0/s1. The Bertz CT molecular complexity index is 1450. The summed E-state index contributed by atoms with van der Waals surface area (Å²) < 4.78 is -2.15. The molecular weight excluding hydrogens is 652 g/mol. The van der Waals surface area contributed by atoms with Crippen LogP contribution in [0.3, 0.4) is 0 Å². The Morgan fingerprint density at radius 3 is 1.82 bits per heavy atom. The van der Waals surface area contributed by atoms with E-state index in [1.807, 2.05) is 6.92 Å². The largest absolute Gasteiger partial charge is 0.292 e. The fourth-order valence-corrected chi connectivity index (χ4v) is 8.61. The second-order valence-corrected chi connectivity index (χ2v) is 13.3. The molecule has 0 aromatic heterocycles. The molecule has 2 aromatic carbocycles. The molecule has 5 atom stereocenters. The fourth-order valence-electron chi connectivity index (χ4n) is 5.46. The summed E-state index contributed by atoms with van der Waals surface area (Å²) in [5.74, 6) is -6.35. The van der Waals surface area contributed by atoms with Crippen molar-refractivity contribution in [3.8, 4) is 0 Å². The lowest BCUT2D eigenvalue weighted by Gasteiger charge is -2.38. The number of amides is 3. The number of fused-ring (bicyclic) bond motifs is 5. The first-order chi connectivity index (χ1) is 18.1. The molecule has 2 bridgehead atoms. The van der Waals surface area contributed by atoms with Crippen LogP contribution < -0.4 is 0 Å². The molecule has 3 aliphatic rings. The van der Waals surface area contributed by atoms with Gasteiger partial charge in [-0.3, -0.25) is 19.2 Å². The average molecular weight is 670 g/mol. The van der Waals surface area contributed by atoms with Crippen LogP contribution in [0.2, 0.25) is 5.02 Å². The summed E-state index contributed by atoms with van der Waals surface area (Å²) in [6, 6.07) is 11.3. The highest BCUT2D eigenvalue weighted by molar-refractivity contribution is 6.66. The topological polar surface area (TPSA) is 74.8 Å². The highest BCUT2D eigenvalue weighted by atomic mass is 35.5. The zero-order valence-corrected chi connectivity index (χ0v) is 25.3. The van der Waals surface area contributed by atoms with E-state index in [1.54, 1.807) is 36.4 Å². The quantitative estimate of drug-likeness (QED) is 0.201. The summed E-state index contributed by atoms with van der Waals surface area (Å²) in [6.07, 6.45) is 0. The third-order valence-corrected chi connectivity index (χ3v) is 12.1. The number of halogens is 7. The molecule has 0 radical (unpaired) electrons. The molecule has 5 rings (SSSR count). The minimum Gasteiger partial charge on any atom is -0.292 e. The third kappa shape index (κ3) is 3.62. The molecule has 6 nitrogen and oxygen atoms in total. The summed E-state index contributed by atoms with van der Waals surface area (Å²) in [4.78, 5) is 51.4. The highest BCUT2D eigenvalue weighted by Crippen LogP contribution is 2.77. The van der Waals surface area contributed by atoms with Gasteiger partial charge in [-0.15, -0.1) is 23.2 Å². The van der Waals surface area contributed by atoms with Crippen LogP contribution in [0.15, 0.2) is 58.6 Å².